The van der Waals surface area contributed by atoms with Crippen molar-refractivity contribution in [1.29, 1.82) is 0 Å². The number of nitrogens with one attached hydrogen (secondary N) is 1. The second kappa shape index (κ2) is 10.4. The highest BCUT2D eigenvalue weighted by Gasteiger charge is 2.33. The average Bonchev–Trinajstić information content (AvgIpc) is 3.39. The highest BCUT2D eigenvalue weighted by molar-refractivity contribution is 7.15. The summed E-state index contributed by atoms with van der Waals surface area (Å²) in [7, 11) is 2.68. The number of esters is 1. The molecular weight excluding hydrogens is 521 g/mol. The Morgan fingerprint density at radius 3 is 2.53 bits per heavy atom. The summed E-state index contributed by atoms with van der Waals surface area (Å²) in [6.07, 6.45) is -1.94. The minimum absolute atomic E-state index is 0.186. The molecule has 0 aliphatic heterocycles. The van der Waals surface area contributed by atoms with Crippen LogP contribution in [-0.4, -0.2) is 40.2 Å². The number of methoxy groups -OCH3 is 2. The van der Waals surface area contributed by atoms with Gasteiger partial charge in [0, 0.05) is 18.1 Å². The van der Waals surface area contributed by atoms with E-state index in [0.29, 0.717) is 16.3 Å². The van der Waals surface area contributed by atoms with E-state index in [1.54, 1.807) is 37.4 Å². The molecule has 8 nitrogen and oxygen atoms in total. The average molecular weight is 545 g/mol. The molecule has 38 heavy (non-hydrogen) atoms. The van der Waals surface area contributed by atoms with Crippen LogP contribution in [0.3, 0.4) is 0 Å². The van der Waals surface area contributed by atoms with Crippen molar-refractivity contribution in [2.45, 2.75) is 25.6 Å². The van der Waals surface area contributed by atoms with Gasteiger partial charge >= 0.3 is 12.1 Å². The molecule has 1 atom stereocenters. The van der Waals surface area contributed by atoms with Gasteiger partial charge in [0.05, 0.1) is 19.1 Å². The van der Waals surface area contributed by atoms with Crippen LogP contribution in [0.5, 0.6) is 5.75 Å². The smallest absolute Gasteiger partial charge is 0.433 e. The third-order valence-corrected chi connectivity index (χ3v) is 6.91. The first kappa shape index (κ1) is 27.0. The highest BCUT2D eigenvalue weighted by atomic mass is 32.1. The van der Waals surface area contributed by atoms with E-state index in [0.717, 1.165) is 28.3 Å². The molecule has 0 amide bonds. The first-order chi connectivity index (χ1) is 17.9. The van der Waals surface area contributed by atoms with Gasteiger partial charge in [0.1, 0.15) is 27.6 Å². The second-order valence-corrected chi connectivity index (χ2v) is 9.52. The standard InChI is InChI=1S/C26H23F3N4O4S/c1-14-9-15(11-17(10-14)32-24-30-8-7-21(33-24)26(27,28)29)20-13-31-23(38-20)25(2,35)16-5-6-18(22(34)37-4)19(12-16)36-3/h5-13,35H,1-4H3,(H,30,32,33). The van der Waals surface area contributed by atoms with Crippen molar-refractivity contribution in [3.05, 3.63) is 82.3 Å². The van der Waals surface area contributed by atoms with Crippen LogP contribution in [0.2, 0.25) is 0 Å². The Bertz CT molecular complexity index is 1490. The predicted molar refractivity (Wildman–Crippen MR) is 136 cm³/mol. The molecule has 2 heterocycles. The molecule has 0 spiro atoms. The van der Waals surface area contributed by atoms with Crippen LogP contribution in [0.1, 0.15) is 39.1 Å². The molecule has 0 saturated carbocycles. The summed E-state index contributed by atoms with van der Waals surface area (Å²) >= 11 is 1.24. The van der Waals surface area contributed by atoms with E-state index in [4.69, 9.17) is 9.47 Å². The van der Waals surface area contributed by atoms with Crippen molar-refractivity contribution in [3.63, 3.8) is 0 Å². The first-order valence-corrected chi connectivity index (χ1v) is 12.0. The number of anilines is 2. The fourth-order valence-corrected chi connectivity index (χ4v) is 4.70. The number of alkyl halides is 3. The van der Waals surface area contributed by atoms with Gasteiger partial charge in [-0.2, -0.15) is 13.2 Å². The van der Waals surface area contributed by atoms with E-state index >= 15 is 0 Å². The number of benzene rings is 2. The fraction of sp³-hybridized carbons (Fsp3) is 0.231. The van der Waals surface area contributed by atoms with Gasteiger partial charge in [-0.05, 0) is 60.9 Å². The van der Waals surface area contributed by atoms with Crippen LogP contribution in [0.15, 0.2) is 54.9 Å². The number of aromatic nitrogens is 3. The molecule has 4 rings (SSSR count). The largest absolute Gasteiger partial charge is 0.496 e. The molecule has 12 heteroatoms. The van der Waals surface area contributed by atoms with E-state index in [1.165, 1.54) is 31.6 Å². The van der Waals surface area contributed by atoms with E-state index in [1.807, 2.05) is 13.0 Å². The lowest BCUT2D eigenvalue weighted by molar-refractivity contribution is -0.141. The zero-order valence-corrected chi connectivity index (χ0v) is 21.6. The summed E-state index contributed by atoms with van der Waals surface area (Å²) in [6, 6.07) is 10.8. The van der Waals surface area contributed by atoms with E-state index in [2.05, 4.69) is 20.3 Å². The lowest BCUT2D eigenvalue weighted by atomic mass is 9.95. The third-order valence-electron chi connectivity index (χ3n) is 5.66. The molecule has 0 aliphatic carbocycles. The van der Waals surface area contributed by atoms with Crippen LogP contribution in [0.25, 0.3) is 10.4 Å². The number of hydrogen-bond donors (Lipinski definition) is 2. The number of aryl methyl sites for hydroxylation is 1. The monoisotopic (exact) mass is 544 g/mol. The van der Waals surface area contributed by atoms with Crippen LogP contribution in [0.4, 0.5) is 24.8 Å². The second-order valence-electron chi connectivity index (χ2n) is 8.48. The summed E-state index contributed by atoms with van der Waals surface area (Å²) in [5, 5.41) is 14.6. The van der Waals surface area contributed by atoms with Crippen molar-refractivity contribution < 1.29 is 32.5 Å². The Balaban J connectivity index is 1.63. The molecule has 198 valence electrons. The van der Waals surface area contributed by atoms with Gasteiger partial charge in [-0.15, -0.1) is 11.3 Å². The molecule has 0 bridgehead atoms. The van der Waals surface area contributed by atoms with Gasteiger partial charge in [0.2, 0.25) is 5.95 Å². The van der Waals surface area contributed by atoms with Gasteiger partial charge in [-0.1, -0.05) is 12.1 Å². The Hall–Kier alpha value is -4.03. The van der Waals surface area contributed by atoms with E-state index in [9.17, 15) is 23.1 Å². The predicted octanol–water partition coefficient (Wildman–Crippen LogP) is 5.72. The number of carbonyl (C=O) groups is 1. The lowest BCUT2D eigenvalue weighted by Crippen LogP contribution is -2.23. The molecule has 0 radical (unpaired) electrons. The number of carbonyl (C=O) groups excluding carboxylic acids is 1. The topological polar surface area (TPSA) is 106 Å². The molecule has 0 fully saturated rings. The minimum atomic E-state index is -4.59. The molecule has 2 aromatic carbocycles. The van der Waals surface area contributed by atoms with Crippen LogP contribution < -0.4 is 10.1 Å². The van der Waals surface area contributed by atoms with Gasteiger partial charge < -0.3 is 19.9 Å². The highest BCUT2D eigenvalue weighted by Crippen LogP contribution is 2.38. The lowest BCUT2D eigenvalue weighted by Gasteiger charge is -2.22. The first-order valence-electron chi connectivity index (χ1n) is 11.2. The Labute approximate surface area is 220 Å². The normalized spacial score (nSPS) is 13.1. The molecule has 2 N–H and O–H groups in total. The summed E-state index contributed by atoms with van der Waals surface area (Å²) < 4.78 is 49.1. The molecule has 2 aromatic heterocycles. The molecular formula is C26H23F3N4O4S. The maximum atomic E-state index is 13.0. The maximum absolute atomic E-state index is 13.0. The van der Waals surface area contributed by atoms with Crippen LogP contribution in [0, 0.1) is 6.92 Å². The van der Waals surface area contributed by atoms with Gasteiger partial charge in [0.15, 0.2) is 0 Å². The van der Waals surface area contributed by atoms with E-state index in [-0.39, 0.29) is 17.3 Å². The van der Waals surface area contributed by atoms with E-state index < -0.39 is 23.4 Å². The molecule has 1 unspecified atom stereocenters. The summed E-state index contributed by atoms with van der Waals surface area (Å²) in [4.78, 5) is 24.5. The minimum Gasteiger partial charge on any atom is -0.496 e. The molecule has 4 aromatic rings. The zero-order valence-electron chi connectivity index (χ0n) is 20.8. The number of hydrogen-bond acceptors (Lipinski definition) is 9. The number of thiazole rings is 1. The quantitative estimate of drug-likeness (QED) is 0.285. The summed E-state index contributed by atoms with van der Waals surface area (Å²) in [5.41, 5.74) is 0.175. The van der Waals surface area contributed by atoms with Crippen molar-refractivity contribution in [1.82, 2.24) is 15.0 Å². The molecule has 0 saturated heterocycles. The van der Waals surface area contributed by atoms with Gasteiger partial charge in [-0.25, -0.2) is 19.7 Å². The van der Waals surface area contributed by atoms with Crippen LogP contribution >= 0.6 is 11.3 Å². The van der Waals surface area contributed by atoms with Crippen molar-refractivity contribution >= 4 is 28.9 Å². The van der Waals surface area contributed by atoms with Crippen molar-refractivity contribution in [2.24, 2.45) is 0 Å². The molecule has 0 aliphatic rings. The Morgan fingerprint density at radius 2 is 1.84 bits per heavy atom. The number of rotatable bonds is 7. The van der Waals surface area contributed by atoms with Crippen molar-refractivity contribution in [2.75, 3.05) is 19.5 Å². The summed E-state index contributed by atoms with van der Waals surface area (Å²) in [6.45, 7) is 3.42. The maximum Gasteiger partial charge on any atom is 0.433 e. The third kappa shape index (κ3) is 5.60. The van der Waals surface area contributed by atoms with Gasteiger partial charge in [-0.3, -0.25) is 0 Å². The number of aliphatic hydroxyl groups is 1. The fourth-order valence-electron chi connectivity index (χ4n) is 3.73. The number of ether oxygens (including phenoxy) is 2. The number of nitrogens with zero attached hydrogens (tertiary/aromatic N) is 3. The SMILES string of the molecule is COC(=O)c1ccc(C(C)(O)c2ncc(-c3cc(C)cc(Nc4nccc(C(F)(F)F)n4)c3)s2)cc1OC. The Morgan fingerprint density at radius 1 is 1.08 bits per heavy atom. The van der Waals surface area contributed by atoms with Crippen molar-refractivity contribution in [3.8, 4) is 16.2 Å². The van der Waals surface area contributed by atoms with Gasteiger partial charge in [0.25, 0.3) is 0 Å². The van der Waals surface area contributed by atoms with Crippen LogP contribution in [-0.2, 0) is 16.5 Å². The number of halogens is 3. The zero-order chi connectivity index (χ0) is 27.7. The Kier molecular flexibility index (Phi) is 7.38. The summed E-state index contributed by atoms with van der Waals surface area (Å²) in [5.74, 6) is -0.504.